The number of aromatic nitrogens is 3. The lowest BCUT2D eigenvalue weighted by Crippen LogP contribution is -2.32. The Morgan fingerprint density at radius 1 is 0.610 bits per heavy atom. The minimum atomic E-state index is 0. The normalized spacial score (nSPS) is 17.2. The number of ether oxygens (including phenoxy) is 3. The van der Waals surface area contributed by atoms with E-state index in [0.717, 1.165) is 205 Å². The van der Waals surface area contributed by atoms with Gasteiger partial charge in [-0.3, -0.25) is 15.0 Å². The van der Waals surface area contributed by atoms with E-state index in [2.05, 4.69) is 98.2 Å². The summed E-state index contributed by atoms with van der Waals surface area (Å²) in [6.07, 6.45) is 8.83. The van der Waals surface area contributed by atoms with E-state index < -0.39 is 0 Å². The van der Waals surface area contributed by atoms with Crippen molar-refractivity contribution in [3.05, 3.63) is 80.8 Å². The predicted octanol–water partition coefficient (Wildman–Crippen LogP) is 8.46. The first-order chi connectivity index (χ1) is 37.3. The first-order valence-corrected chi connectivity index (χ1v) is 28.8. The molecule has 23 heteroatoms. The summed E-state index contributed by atoms with van der Waals surface area (Å²) in [7, 11) is 0. The van der Waals surface area contributed by atoms with E-state index in [1.54, 1.807) is 0 Å². The molecule has 6 aliphatic heterocycles. The van der Waals surface area contributed by atoms with Crippen molar-refractivity contribution in [3.8, 4) is 0 Å². The van der Waals surface area contributed by atoms with Crippen molar-refractivity contribution in [2.24, 2.45) is 5.73 Å². The maximum atomic E-state index is 9.88. The van der Waals surface area contributed by atoms with E-state index in [9.17, 15) is 5.11 Å². The number of benzene rings is 1. The van der Waals surface area contributed by atoms with Crippen molar-refractivity contribution in [1.82, 2.24) is 31.2 Å². The van der Waals surface area contributed by atoms with Crippen molar-refractivity contribution in [3.63, 3.8) is 0 Å². The third-order valence-electron chi connectivity index (χ3n) is 14.6. The molecule has 428 valence electrons. The van der Waals surface area contributed by atoms with Gasteiger partial charge in [-0.2, -0.15) is 0 Å². The number of aliphatic hydroxyl groups excluding tert-OH is 1. The van der Waals surface area contributed by atoms with Crippen molar-refractivity contribution >= 4 is 70.6 Å². The number of aliphatic hydroxyl groups is 1. The first-order valence-electron chi connectivity index (χ1n) is 27.5. The van der Waals surface area contributed by atoms with Crippen LogP contribution in [0, 0.1) is 0 Å². The fourth-order valence-electron chi connectivity index (χ4n) is 10.4. The number of fused-ring (bicyclic) bond motifs is 3. The van der Waals surface area contributed by atoms with Gasteiger partial charge in [0.05, 0.1) is 35.9 Å². The minimum Gasteiger partial charge on any atom is -0.392 e. The molecule has 10 rings (SSSR count). The Bertz CT molecular complexity index is 2200. The standard InChI is InChI=1S/C16H25ClN4O.C16H27N5O.C16H26N4O2.C6H6O3S.ClH/c2*1-3-14-12(9-17)15(19-11-5-7-22-8-6-11)13-10-18-21(4-2)16(13)20-14;1-3-14-13(10-21)15(18-11-5-7-22-8-6-11)12-9-17-20(4-2)16(12)19-14;7-8-9-10-6-4-2-1-3-5-6;/h11,18H,3-10H2,1-2H3,(H,19,20);11,18H,3-10,17H2,1-2H3,(H,19,20);11,17,21H,3-10H2,1-2H3,(H,18,19);1-5,7H;1H. The van der Waals surface area contributed by atoms with Crippen LogP contribution in [0.15, 0.2) is 35.2 Å². The Labute approximate surface area is 471 Å². The van der Waals surface area contributed by atoms with Gasteiger partial charge < -0.3 is 41.0 Å². The summed E-state index contributed by atoms with van der Waals surface area (Å²) in [5, 5.41) is 38.6. The number of hydrogen-bond donors (Lipinski definition) is 9. The lowest BCUT2D eigenvalue weighted by atomic mass is 10.0. The van der Waals surface area contributed by atoms with Crippen molar-refractivity contribution in [2.75, 3.05) is 90.3 Å². The SMILES string of the molecule is CCc1nc2c(c(NC3CCOCC3)c1CCl)CNN2CC.CCc1nc2c(c(NC3CCOCC3)c1CN)CNN2CC.CCc1nc2c(c(NC3CCOCC3)c1CO)CNN2CC.Cl.OOOSc1ccccc1. The fraction of sp³-hybridized carbons (Fsp3) is 0.611. The molecule has 4 aromatic rings. The van der Waals surface area contributed by atoms with Gasteiger partial charge in [0.25, 0.3) is 0 Å². The number of anilines is 6. The Morgan fingerprint density at radius 3 is 1.31 bits per heavy atom. The summed E-state index contributed by atoms with van der Waals surface area (Å²) in [5.74, 6) is 3.63. The molecule has 0 amide bonds. The molecular weight excluding hydrogens is 1050 g/mol. The van der Waals surface area contributed by atoms with Gasteiger partial charge >= 0.3 is 0 Å². The summed E-state index contributed by atoms with van der Waals surface area (Å²) in [4.78, 5) is 15.4. The molecule has 0 unspecified atom stereocenters. The summed E-state index contributed by atoms with van der Waals surface area (Å²) in [6, 6.07) is 10.6. The largest absolute Gasteiger partial charge is 0.392 e. The second-order valence-corrected chi connectivity index (χ2v) is 20.1. The summed E-state index contributed by atoms with van der Waals surface area (Å²) in [6.45, 7) is 23.3. The van der Waals surface area contributed by atoms with Gasteiger partial charge in [-0.25, -0.2) is 36.5 Å². The van der Waals surface area contributed by atoms with Gasteiger partial charge in [-0.1, -0.05) is 44.0 Å². The lowest BCUT2D eigenvalue weighted by molar-refractivity contribution is -0.432. The van der Waals surface area contributed by atoms with Gasteiger partial charge in [-0.15, -0.1) is 28.3 Å². The Balaban J connectivity index is 0.000000171. The van der Waals surface area contributed by atoms with Gasteiger partial charge in [0, 0.05) is 165 Å². The molecule has 0 radical (unpaired) electrons. The molecule has 77 heavy (non-hydrogen) atoms. The zero-order valence-corrected chi connectivity index (χ0v) is 48.4. The lowest BCUT2D eigenvalue weighted by Gasteiger charge is -2.27. The molecule has 0 spiro atoms. The van der Waals surface area contributed by atoms with Crippen LogP contribution in [-0.2, 0) is 81.5 Å². The highest BCUT2D eigenvalue weighted by Gasteiger charge is 2.31. The number of nitrogens with one attached hydrogen (secondary N) is 6. The van der Waals surface area contributed by atoms with E-state index in [-0.39, 0.29) is 19.0 Å². The molecule has 10 N–H and O–H groups in total. The van der Waals surface area contributed by atoms with Crippen LogP contribution in [0.25, 0.3) is 0 Å². The topological polar surface area (TPSA) is 233 Å². The number of nitrogens with two attached hydrogens (primary N) is 1. The van der Waals surface area contributed by atoms with E-state index in [4.69, 9.17) is 51.8 Å². The number of nitrogens with zero attached hydrogens (tertiary/aromatic N) is 6. The fourth-order valence-corrected chi connectivity index (χ4v) is 11.1. The van der Waals surface area contributed by atoms with Gasteiger partial charge in [0.15, 0.2) is 0 Å². The van der Waals surface area contributed by atoms with E-state index >= 15 is 0 Å². The number of hydrogen-bond acceptors (Lipinski definition) is 21. The molecule has 3 fully saturated rings. The average molecular weight is 1130 g/mol. The Hall–Kier alpha value is -4.04. The van der Waals surface area contributed by atoms with Crippen LogP contribution in [-0.4, -0.2) is 103 Å². The highest BCUT2D eigenvalue weighted by Crippen LogP contribution is 2.39. The Kier molecular flexibility index (Phi) is 26.1. The molecule has 20 nitrogen and oxygen atoms in total. The molecule has 3 saturated heterocycles. The zero-order valence-electron chi connectivity index (χ0n) is 46.0. The smallest absolute Gasteiger partial charge is 0.149 e. The highest BCUT2D eigenvalue weighted by atomic mass is 35.5. The minimum absolute atomic E-state index is 0. The molecule has 3 aromatic heterocycles. The second kappa shape index (κ2) is 32.3. The van der Waals surface area contributed by atoms with Crippen LogP contribution in [0.3, 0.4) is 0 Å². The second-order valence-electron chi connectivity index (χ2n) is 19.1. The summed E-state index contributed by atoms with van der Waals surface area (Å²) >= 11 is 7.22. The highest BCUT2D eigenvalue weighted by molar-refractivity contribution is 7.94. The van der Waals surface area contributed by atoms with Crippen LogP contribution in [0.5, 0.6) is 0 Å². The molecule has 6 aliphatic rings. The van der Waals surface area contributed by atoms with E-state index in [1.807, 2.05) is 30.3 Å². The maximum Gasteiger partial charge on any atom is 0.149 e. The van der Waals surface area contributed by atoms with Crippen molar-refractivity contribution in [2.45, 2.75) is 161 Å². The van der Waals surface area contributed by atoms with E-state index in [1.165, 1.54) is 33.6 Å². The van der Waals surface area contributed by atoms with Crippen LogP contribution in [0.1, 0.15) is 131 Å². The molecule has 9 heterocycles. The zero-order chi connectivity index (χ0) is 53.8. The van der Waals surface area contributed by atoms with Gasteiger partial charge in [0.2, 0.25) is 0 Å². The monoisotopic (exact) mass is 1130 g/mol. The summed E-state index contributed by atoms with van der Waals surface area (Å²) in [5.41, 5.74) is 29.9. The number of hydrazine groups is 3. The quantitative estimate of drug-likeness (QED) is 0.0197. The predicted molar refractivity (Wildman–Crippen MR) is 311 cm³/mol. The number of alkyl halides is 1. The molecular formula is C54H85Cl2N13O7S. The van der Waals surface area contributed by atoms with Crippen molar-refractivity contribution < 1.29 is 33.9 Å². The number of halogens is 2. The van der Waals surface area contributed by atoms with Crippen LogP contribution < -0.4 is 53.0 Å². The number of pyridine rings is 3. The van der Waals surface area contributed by atoms with Crippen LogP contribution in [0.4, 0.5) is 34.5 Å². The average Bonchev–Trinajstić information content (AvgIpc) is 4.28. The number of aryl methyl sites for hydroxylation is 3. The third kappa shape index (κ3) is 15.9. The Morgan fingerprint density at radius 2 is 0.974 bits per heavy atom. The van der Waals surface area contributed by atoms with Gasteiger partial charge in [0.1, 0.15) is 17.5 Å². The van der Waals surface area contributed by atoms with E-state index in [0.29, 0.717) is 30.6 Å². The van der Waals surface area contributed by atoms with Gasteiger partial charge in [-0.05, 0) is 90.7 Å². The van der Waals surface area contributed by atoms with Crippen molar-refractivity contribution in [1.29, 1.82) is 0 Å². The van der Waals surface area contributed by atoms with Crippen LogP contribution >= 0.6 is 36.1 Å². The third-order valence-corrected chi connectivity index (χ3v) is 15.4. The molecule has 0 bridgehead atoms. The molecule has 0 saturated carbocycles. The molecule has 0 aliphatic carbocycles. The maximum absolute atomic E-state index is 9.88. The molecule has 0 atom stereocenters. The number of rotatable bonds is 18. The summed E-state index contributed by atoms with van der Waals surface area (Å²) < 4.78 is 20.6. The molecule has 1 aromatic carbocycles. The first kappa shape index (κ1) is 62.2. The van der Waals surface area contributed by atoms with Crippen LogP contribution in [0.2, 0.25) is 0 Å².